The van der Waals surface area contributed by atoms with Crippen molar-refractivity contribution in [1.29, 1.82) is 0 Å². The van der Waals surface area contributed by atoms with Gasteiger partial charge in [0.2, 0.25) is 0 Å². The number of aromatic nitrogens is 3. The molecule has 0 fully saturated rings. The van der Waals surface area contributed by atoms with Gasteiger partial charge in [0.05, 0.1) is 6.61 Å². The first kappa shape index (κ1) is 15.4. The Labute approximate surface area is 138 Å². The second kappa shape index (κ2) is 5.94. The number of benzene rings is 2. The van der Waals surface area contributed by atoms with E-state index in [1.807, 2.05) is 25.1 Å². The smallest absolute Gasteiger partial charge is 0.145 e. The van der Waals surface area contributed by atoms with Crippen molar-refractivity contribution in [2.75, 3.05) is 0 Å². The molecule has 0 spiro atoms. The highest BCUT2D eigenvalue weighted by molar-refractivity contribution is 7.80. The number of aliphatic hydroxyl groups excluding tert-OH is 1. The first-order chi connectivity index (χ1) is 11.0. The van der Waals surface area contributed by atoms with E-state index in [0.717, 1.165) is 16.7 Å². The number of phenolic OH excluding ortho intramolecular Hbond substituents is 2. The minimum atomic E-state index is -0.125. The van der Waals surface area contributed by atoms with Crippen LogP contribution in [0.5, 0.6) is 11.5 Å². The Morgan fingerprint density at radius 1 is 1.13 bits per heavy atom. The fourth-order valence-corrected chi connectivity index (χ4v) is 2.65. The van der Waals surface area contributed by atoms with Crippen LogP contribution in [0.15, 0.2) is 41.4 Å². The molecule has 0 aliphatic carbocycles. The molecular formula is C16H15N3O3S. The van der Waals surface area contributed by atoms with Crippen molar-refractivity contribution >= 4 is 12.6 Å². The molecule has 0 aliphatic rings. The topological polar surface area (TPSA) is 91.4 Å². The van der Waals surface area contributed by atoms with Gasteiger partial charge >= 0.3 is 0 Å². The maximum Gasteiger partial charge on any atom is 0.145 e. The molecule has 1 heterocycles. The molecular weight excluding hydrogens is 314 g/mol. The van der Waals surface area contributed by atoms with Gasteiger partial charge in [-0.25, -0.2) is 4.68 Å². The number of hydrogen-bond donors (Lipinski definition) is 4. The molecule has 2 aromatic carbocycles. The monoisotopic (exact) mass is 329 g/mol. The number of hydrogen-bond acceptors (Lipinski definition) is 6. The zero-order chi connectivity index (χ0) is 16.6. The van der Waals surface area contributed by atoms with Crippen LogP contribution in [0.4, 0.5) is 0 Å². The molecule has 0 atom stereocenters. The zero-order valence-corrected chi connectivity index (χ0v) is 13.2. The van der Waals surface area contributed by atoms with Crippen LogP contribution in [0.2, 0.25) is 0 Å². The van der Waals surface area contributed by atoms with E-state index in [9.17, 15) is 15.3 Å². The van der Waals surface area contributed by atoms with E-state index in [0.29, 0.717) is 16.4 Å². The summed E-state index contributed by atoms with van der Waals surface area (Å²) in [6, 6.07) is 9.79. The summed E-state index contributed by atoms with van der Waals surface area (Å²) in [4.78, 5) is 0. The van der Waals surface area contributed by atoms with E-state index in [2.05, 4.69) is 22.9 Å². The summed E-state index contributed by atoms with van der Waals surface area (Å²) in [6.45, 7) is 1.85. The van der Waals surface area contributed by atoms with Crippen molar-refractivity contribution < 1.29 is 15.3 Å². The number of thiol groups is 1. The number of aliphatic hydroxyl groups is 1. The lowest BCUT2D eigenvalue weighted by atomic mass is 10.0. The summed E-state index contributed by atoms with van der Waals surface area (Å²) in [5, 5.41) is 37.3. The number of aromatic hydroxyl groups is 2. The van der Waals surface area contributed by atoms with Crippen molar-refractivity contribution in [2.24, 2.45) is 0 Å². The standard InChI is InChI=1S/C16H15N3O3S/c1-9-2-3-10(8-20)6-12(9)15-16(23)17-18-19(15)13-5-4-11(21)7-14(13)22/h2-7,20-23H,8H2,1H3. The van der Waals surface area contributed by atoms with E-state index in [4.69, 9.17) is 0 Å². The quantitative estimate of drug-likeness (QED) is 0.554. The Balaban J connectivity index is 2.24. The van der Waals surface area contributed by atoms with Gasteiger partial charge in [-0.05, 0) is 36.2 Å². The maximum absolute atomic E-state index is 10.1. The Morgan fingerprint density at radius 2 is 1.91 bits per heavy atom. The fourth-order valence-electron chi connectivity index (χ4n) is 2.39. The summed E-state index contributed by atoms with van der Waals surface area (Å²) in [6.07, 6.45) is 0. The second-order valence-corrected chi connectivity index (χ2v) is 5.58. The third-order valence-electron chi connectivity index (χ3n) is 3.58. The molecule has 0 unspecified atom stereocenters. The van der Waals surface area contributed by atoms with Gasteiger partial charge in [0.1, 0.15) is 27.9 Å². The van der Waals surface area contributed by atoms with Crippen LogP contribution in [0, 0.1) is 6.92 Å². The molecule has 118 valence electrons. The summed E-state index contributed by atoms with van der Waals surface area (Å²) >= 11 is 4.36. The molecule has 0 radical (unpaired) electrons. The van der Waals surface area contributed by atoms with Crippen LogP contribution in [0.25, 0.3) is 16.9 Å². The SMILES string of the molecule is Cc1ccc(CO)cc1-c1c(S)nnn1-c1ccc(O)cc1O. The Bertz CT molecular complexity index is 877. The molecule has 0 bridgehead atoms. The van der Waals surface area contributed by atoms with Crippen LogP contribution < -0.4 is 0 Å². The minimum absolute atomic E-state index is 0.0440. The van der Waals surface area contributed by atoms with E-state index in [-0.39, 0.29) is 18.1 Å². The number of nitrogens with zero attached hydrogens (tertiary/aromatic N) is 3. The van der Waals surface area contributed by atoms with Crippen molar-refractivity contribution in [3.8, 4) is 28.4 Å². The van der Waals surface area contributed by atoms with Gasteiger partial charge in [-0.2, -0.15) is 0 Å². The molecule has 0 aliphatic heterocycles. The lowest BCUT2D eigenvalue weighted by molar-refractivity contribution is 0.282. The normalized spacial score (nSPS) is 10.9. The Hall–Kier alpha value is -2.51. The van der Waals surface area contributed by atoms with Crippen molar-refractivity contribution in [1.82, 2.24) is 15.0 Å². The van der Waals surface area contributed by atoms with Gasteiger partial charge in [-0.1, -0.05) is 17.3 Å². The van der Waals surface area contributed by atoms with E-state index < -0.39 is 0 Å². The van der Waals surface area contributed by atoms with E-state index in [1.165, 1.54) is 16.8 Å². The second-order valence-electron chi connectivity index (χ2n) is 5.15. The van der Waals surface area contributed by atoms with E-state index in [1.54, 1.807) is 6.07 Å². The van der Waals surface area contributed by atoms with Gasteiger partial charge in [0, 0.05) is 11.6 Å². The predicted molar refractivity (Wildman–Crippen MR) is 88.0 cm³/mol. The number of aryl methyl sites for hydroxylation is 1. The highest BCUT2D eigenvalue weighted by Crippen LogP contribution is 2.34. The molecule has 3 N–H and O–H groups in total. The lowest BCUT2D eigenvalue weighted by Crippen LogP contribution is -2.01. The van der Waals surface area contributed by atoms with Crippen LogP contribution in [0.3, 0.4) is 0 Å². The zero-order valence-electron chi connectivity index (χ0n) is 12.3. The molecule has 0 saturated carbocycles. The van der Waals surface area contributed by atoms with Crippen molar-refractivity contribution in [2.45, 2.75) is 18.6 Å². The van der Waals surface area contributed by atoms with Crippen LogP contribution in [-0.4, -0.2) is 30.3 Å². The fraction of sp³-hybridized carbons (Fsp3) is 0.125. The van der Waals surface area contributed by atoms with Gasteiger partial charge in [-0.3, -0.25) is 0 Å². The van der Waals surface area contributed by atoms with Crippen molar-refractivity contribution in [3.05, 3.63) is 47.5 Å². The summed E-state index contributed by atoms with van der Waals surface area (Å²) in [5.41, 5.74) is 3.49. The van der Waals surface area contributed by atoms with Crippen LogP contribution in [0.1, 0.15) is 11.1 Å². The molecule has 7 heteroatoms. The molecule has 0 saturated heterocycles. The van der Waals surface area contributed by atoms with Gasteiger partial charge in [-0.15, -0.1) is 17.7 Å². The molecule has 3 aromatic rings. The maximum atomic E-state index is 10.1. The predicted octanol–water partition coefficient (Wildman–Crippen LogP) is 2.43. The molecule has 23 heavy (non-hydrogen) atoms. The van der Waals surface area contributed by atoms with Gasteiger partial charge < -0.3 is 15.3 Å². The molecule has 0 amide bonds. The average molecular weight is 329 g/mol. The number of phenols is 2. The van der Waals surface area contributed by atoms with Crippen LogP contribution >= 0.6 is 12.6 Å². The third-order valence-corrected chi connectivity index (χ3v) is 3.88. The Kier molecular flexibility index (Phi) is 3.97. The van der Waals surface area contributed by atoms with Crippen LogP contribution in [-0.2, 0) is 6.61 Å². The van der Waals surface area contributed by atoms with Gasteiger partial charge in [0.15, 0.2) is 0 Å². The van der Waals surface area contributed by atoms with Crippen molar-refractivity contribution in [3.63, 3.8) is 0 Å². The summed E-state index contributed by atoms with van der Waals surface area (Å²) in [5.74, 6) is -0.169. The molecule has 6 nitrogen and oxygen atoms in total. The first-order valence-electron chi connectivity index (χ1n) is 6.89. The Morgan fingerprint density at radius 3 is 2.61 bits per heavy atom. The highest BCUT2D eigenvalue weighted by atomic mass is 32.1. The highest BCUT2D eigenvalue weighted by Gasteiger charge is 2.18. The van der Waals surface area contributed by atoms with Gasteiger partial charge in [0.25, 0.3) is 0 Å². The lowest BCUT2D eigenvalue weighted by Gasteiger charge is -2.12. The summed E-state index contributed by atoms with van der Waals surface area (Å²) < 4.78 is 1.46. The largest absolute Gasteiger partial charge is 0.508 e. The summed E-state index contributed by atoms with van der Waals surface area (Å²) in [7, 11) is 0. The third kappa shape index (κ3) is 2.76. The minimum Gasteiger partial charge on any atom is -0.508 e. The first-order valence-corrected chi connectivity index (χ1v) is 7.33. The molecule has 3 rings (SSSR count). The van der Waals surface area contributed by atoms with E-state index >= 15 is 0 Å². The molecule has 1 aromatic heterocycles. The average Bonchev–Trinajstić information content (AvgIpc) is 2.89. The number of rotatable bonds is 3.